The Bertz CT molecular complexity index is 379. The van der Waals surface area contributed by atoms with Gasteiger partial charge in [-0.2, -0.15) is 8.42 Å². The number of unbranched alkanes of at least 4 members (excludes halogenated alkanes) is 12. The topological polar surface area (TPSA) is 74.6 Å². The standard InChI is InChI=1S/C24H52N.H2O4S/c1-5-9-13-17-21-25(22-18-14-10-6-2,23-19-15-11-7-3)24-20-16-12-8-4;1-5(2,3)4/h5-24H2,1-4H3;(H2,1,2,3,4)/q+1;. The van der Waals surface area contributed by atoms with Crippen LogP contribution in [-0.2, 0) is 10.4 Å². The van der Waals surface area contributed by atoms with Gasteiger partial charge in [0.25, 0.3) is 0 Å². The monoisotopic (exact) mass is 452 g/mol. The fourth-order valence-electron chi connectivity index (χ4n) is 4.17. The molecule has 0 aromatic carbocycles. The second kappa shape index (κ2) is 22.0. The smallest absolute Gasteiger partial charge is 0.324 e. The van der Waals surface area contributed by atoms with E-state index in [4.69, 9.17) is 17.5 Å². The van der Waals surface area contributed by atoms with Gasteiger partial charge >= 0.3 is 10.4 Å². The number of hydrogen-bond acceptors (Lipinski definition) is 2. The van der Waals surface area contributed by atoms with E-state index in [2.05, 4.69) is 27.7 Å². The van der Waals surface area contributed by atoms with E-state index < -0.39 is 10.4 Å². The molecule has 0 atom stereocenters. The van der Waals surface area contributed by atoms with E-state index in [1.807, 2.05) is 0 Å². The highest BCUT2D eigenvalue weighted by atomic mass is 32.3. The van der Waals surface area contributed by atoms with Crippen molar-refractivity contribution in [3.63, 3.8) is 0 Å². The lowest BCUT2D eigenvalue weighted by atomic mass is 10.1. The Labute approximate surface area is 189 Å². The third-order valence-electron chi connectivity index (χ3n) is 5.94. The molecule has 0 spiro atoms. The Morgan fingerprint density at radius 3 is 0.833 bits per heavy atom. The van der Waals surface area contributed by atoms with E-state index in [0.717, 1.165) is 0 Å². The molecule has 0 unspecified atom stereocenters. The van der Waals surface area contributed by atoms with Gasteiger partial charge in [-0.3, -0.25) is 9.11 Å². The van der Waals surface area contributed by atoms with Crippen molar-refractivity contribution in [1.29, 1.82) is 0 Å². The zero-order valence-electron chi connectivity index (χ0n) is 20.7. The van der Waals surface area contributed by atoms with Gasteiger partial charge in [0, 0.05) is 0 Å². The number of nitrogens with zero attached hydrogens (tertiary/aromatic N) is 1. The summed E-state index contributed by atoms with van der Waals surface area (Å²) in [5, 5.41) is 0. The van der Waals surface area contributed by atoms with Crippen molar-refractivity contribution in [3.8, 4) is 0 Å². The van der Waals surface area contributed by atoms with E-state index in [1.54, 1.807) is 0 Å². The van der Waals surface area contributed by atoms with Crippen molar-refractivity contribution < 1.29 is 22.0 Å². The average Bonchev–Trinajstić information content (AvgIpc) is 2.68. The van der Waals surface area contributed by atoms with Crippen LogP contribution in [0.5, 0.6) is 0 Å². The van der Waals surface area contributed by atoms with Gasteiger partial charge in [0.1, 0.15) is 0 Å². The molecule has 0 amide bonds. The van der Waals surface area contributed by atoms with Gasteiger partial charge in [-0.05, 0) is 51.4 Å². The summed E-state index contributed by atoms with van der Waals surface area (Å²) in [6, 6.07) is 0. The maximum atomic E-state index is 8.74. The molecule has 0 aliphatic rings. The zero-order chi connectivity index (χ0) is 23.1. The van der Waals surface area contributed by atoms with Crippen LogP contribution in [0.1, 0.15) is 130 Å². The fraction of sp³-hybridized carbons (Fsp3) is 1.00. The third-order valence-corrected chi connectivity index (χ3v) is 5.94. The van der Waals surface area contributed by atoms with Crippen LogP contribution in [0, 0.1) is 0 Å². The molecule has 2 N–H and O–H groups in total. The molecule has 0 rings (SSSR count). The number of quaternary nitrogens is 1. The summed E-state index contributed by atoms with van der Waals surface area (Å²) >= 11 is 0. The molecule has 0 saturated heterocycles. The Morgan fingerprint density at radius 2 is 0.667 bits per heavy atom. The van der Waals surface area contributed by atoms with Gasteiger partial charge in [-0.25, -0.2) is 0 Å². The second-order valence-corrected chi connectivity index (χ2v) is 9.82. The van der Waals surface area contributed by atoms with Crippen LogP contribution in [0.25, 0.3) is 0 Å². The Morgan fingerprint density at radius 1 is 0.467 bits per heavy atom. The molecule has 184 valence electrons. The van der Waals surface area contributed by atoms with Crippen molar-refractivity contribution in [2.75, 3.05) is 26.2 Å². The van der Waals surface area contributed by atoms with E-state index in [0.29, 0.717) is 0 Å². The van der Waals surface area contributed by atoms with Crippen LogP contribution in [-0.4, -0.2) is 48.2 Å². The third kappa shape index (κ3) is 25.9. The molecular formula is C24H54NO4S+. The molecular weight excluding hydrogens is 398 g/mol. The summed E-state index contributed by atoms with van der Waals surface area (Å²) in [6.45, 7) is 15.2. The number of hydrogen-bond donors (Lipinski definition) is 2. The first-order valence-electron chi connectivity index (χ1n) is 12.8. The summed E-state index contributed by atoms with van der Waals surface area (Å²) in [4.78, 5) is 0. The quantitative estimate of drug-likeness (QED) is 0.114. The zero-order valence-corrected chi connectivity index (χ0v) is 21.5. The fourth-order valence-corrected chi connectivity index (χ4v) is 4.17. The van der Waals surface area contributed by atoms with Gasteiger partial charge in [0.2, 0.25) is 0 Å². The predicted molar refractivity (Wildman–Crippen MR) is 130 cm³/mol. The van der Waals surface area contributed by atoms with Crippen LogP contribution in [0.3, 0.4) is 0 Å². The molecule has 0 aromatic heterocycles. The lowest BCUT2D eigenvalue weighted by molar-refractivity contribution is -0.929. The first kappa shape index (κ1) is 32.0. The molecule has 0 aliphatic carbocycles. The van der Waals surface area contributed by atoms with Gasteiger partial charge in [-0.15, -0.1) is 0 Å². The van der Waals surface area contributed by atoms with Crippen LogP contribution < -0.4 is 0 Å². The van der Waals surface area contributed by atoms with Crippen molar-refractivity contribution in [2.24, 2.45) is 0 Å². The lowest BCUT2D eigenvalue weighted by Crippen LogP contribution is -2.50. The van der Waals surface area contributed by atoms with E-state index in [1.165, 1.54) is 133 Å². The van der Waals surface area contributed by atoms with Crippen LogP contribution in [0.4, 0.5) is 0 Å². The minimum absolute atomic E-state index is 1.36. The van der Waals surface area contributed by atoms with E-state index in [9.17, 15) is 0 Å². The minimum atomic E-state index is -4.67. The predicted octanol–water partition coefficient (Wildman–Crippen LogP) is 7.47. The van der Waals surface area contributed by atoms with E-state index >= 15 is 0 Å². The molecule has 0 aromatic rings. The van der Waals surface area contributed by atoms with Crippen LogP contribution in [0.15, 0.2) is 0 Å². The van der Waals surface area contributed by atoms with Crippen molar-refractivity contribution in [3.05, 3.63) is 0 Å². The van der Waals surface area contributed by atoms with Crippen molar-refractivity contribution >= 4 is 10.4 Å². The van der Waals surface area contributed by atoms with E-state index in [-0.39, 0.29) is 0 Å². The summed E-state index contributed by atoms with van der Waals surface area (Å²) in [5.74, 6) is 0. The molecule has 0 fully saturated rings. The Hall–Kier alpha value is -0.170. The molecule has 30 heavy (non-hydrogen) atoms. The summed E-state index contributed by atoms with van der Waals surface area (Å²) in [7, 11) is -4.67. The second-order valence-electron chi connectivity index (χ2n) is 8.93. The summed E-state index contributed by atoms with van der Waals surface area (Å²) in [6.07, 6.45) is 22.8. The summed E-state index contributed by atoms with van der Waals surface area (Å²) in [5.41, 5.74) is 0. The first-order valence-corrected chi connectivity index (χ1v) is 14.2. The first-order chi connectivity index (χ1) is 14.2. The molecule has 0 aliphatic heterocycles. The molecule has 0 saturated carbocycles. The highest BCUT2D eigenvalue weighted by Gasteiger charge is 2.25. The average molecular weight is 453 g/mol. The largest absolute Gasteiger partial charge is 0.394 e. The number of rotatable bonds is 20. The van der Waals surface area contributed by atoms with Gasteiger partial charge in [-0.1, -0.05) is 79.1 Å². The Balaban J connectivity index is 0. The van der Waals surface area contributed by atoms with Crippen molar-refractivity contribution in [2.45, 2.75) is 130 Å². The molecule has 5 nitrogen and oxygen atoms in total. The SMILES string of the molecule is CCCCCC[N+](CCCCCC)(CCCCCC)CCCCCC.O=S(=O)(O)O. The highest BCUT2D eigenvalue weighted by molar-refractivity contribution is 7.79. The normalized spacial score (nSPS) is 11.9. The summed E-state index contributed by atoms with van der Waals surface area (Å²) < 4.78 is 33.0. The maximum Gasteiger partial charge on any atom is 0.394 e. The molecule has 0 radical (unpaired) electrons. The molecule has 0 heterocycles. The Kier molecular flexibility index (Phi) is 23.5. The lowest BCUT2D eigenvalue weighted by Gasteiger charge is -2.39. The van der Waals surface area contributed by atoms with Gasteiger partial charge in [0.15, 0.2) is 0 Å². The van der Waals surface area contributed by atoms with Crippen molar-refractivity contribution in [1.82, 2.24) is 0 Å². The van der Waals surface area contributed by atoms with Gasteiger partial charge in [0.05, 0.1) is 26.2 Å². The maximum absolute atomic E-state index is 8.74. The highest BCUT2D eigenvalue weighted by Crippen LogP contribution is 2.19. The van der Waals surface area contributed by atoms with Crippen LogP contribution in [0.2, 0.25) is 0 Å². The molecule has 6 heteroatoms. The minimum Gasteiger partial charge on any atom is -0.324 e. The van der Waals surface area contributed by atoms with Crippen LogP contribution >= 0.6 is 0 Å². The van der Waals surface area contributed by atoms with Gasteiger partial charge < -0.3 is 4.48 Å². The molecule has 0 bridgehead atoms.